The van der Waals surface area contributed by atoms with E-state index < -0.39 is 0 Å². The van der Waals surface area contributed by atoms with E-state index >= 15 is 0 Å². The lowest BCUT2D eigenvalue weighted by atomic mass is 10.2. The maximum absolute atomic E-state index is 8.76. The summed E-state index contributed by atoms with van der Waals surface area (Å²) in [6.45, 7) is 0. The van der Waals surface area contributed by atoms with Crippen molar-refractivity contribution >= 4 is 46.2 Å². The Balaban J connectivity index is 2.34. The molecule has 0 saturated carbocycles. The fraction of sp³-hybridized carbons (Fsp3) is 0. The molecular formula is C12H6Cl3N3. The molecule has 6 heteroatoms. The summed E-state index contributed by atoms with van der Waals surface area (Å²) in [7, 11) is 0. The van der Waals surface area contributed by atoms with Gasteiger partial charge in [0.15, 0.2) is 0 Å². The Kier molecular flexibility index (Phi) is 3.93. The Morgan fingerprint density at radius 2 is 1.78 bits per heavy atom. The monoisotopic (exact) mass is 297 g/mol. The van der Waals surface area contributed by atoms with Crippen LogP contribution >= 0.6 is 34.8 Å². The molecule has 1 aromatic heterocycles. The number of benzene rings is 1. The minimum Gasteiger partial charge on any atom is -0.354 e. The Bertz CT molecular complexity index is 635. The molecule has 1 heterocycles. The van der Waals surface area contributed by atoms with Crippen LogP contribution in [0.5, 0.6) is 0 Å². The van der Waals surface area contributed by atoms with Gasteiger partial charge >= 0.3 is 0 Å². The molecule has 18 heavy (non-hydrogen) atoms. The molecule has 2 rings (SSSR count). The summed E-state index contributed by atoms with van der Waals surface area (Å²) in [4.78, 5) is 3.87. The summed E-state index contributed by atoms with van der Waals surface area (Å²) in [6.07, 6.45) is 1.53. The Morgan fingerprint density at radius 3 is 2.50 bits per heavy atom. The molecule has 90 valence electrons. The topological polar surface area (TPSA) is 48.7 Å². The largest absolute Gasteiger partial charge is 0.354 e. The molecule has 3 nitrogen and oxygen atoms in total. The van der Waals surface area contributed by atoms with E-state index in [2.05, 4.69) is 10.3 Å². The summed E-state index contributed by atoms with van der Waals surface area (Å²) >= 11 is 17.8. The molecule has 0 spiro atoms. The van der Waals surface area contributed by atoms with E-state index in [4.69, 9.17) is 40.1 Å². The number of halogens is 3. The van der Waals surface area contributed by atoms with E-state index in [-0.39, 0.29) is 0 Å². The molecule has 0 saturated heterocycles. The normalized spacial score (nSPS) is 9.89. The average molecular weight is 299 g/mol. The average Bonchev–Trinajstić information content (AvgIpc) is 2.36. The zero-order valence-corrected chi connectivity index (χ0v) is 11.2. The van der Waals surface area contributed by atoms with Gasteiger partial charge in [-0.05, 0) is 24.3 Å². The van der Waals surface area contributed by atoms with Gasteiger partial charge in [-0.25, -0.2) is 4.98 Å². The number of nitrogens with zero attached hydrogens (tertiary/aromatic N) is 2. The lowest BCUT2D eigenvalue weighted by Crippen LogP contribution is -1.93. The van der Waals surface area contributed by atoms with Crippen molar-refractivity contribution in [3.63, 3.8) is 0 Å². The lowest BCUT2D eigenvalue weighted by molar-refractivity contribution is 1.26. The van der Waals surface area contributed by atoms with Gasteiger partial charge in [-0.3, -0.25) is 0 Å². The van der Waals surface area contributed by atoms with Crippen LogP contribution in [0, 0.1) is 11.3 Å². The highest BCUT2D eigenvalue weighted by Crippen LogP contribution is 2.33. The van der Waals surface area contributed by atoms with Gasteiger partial charge in [0.1, 0.15) is 11.8 Å². The van der Waals surface area contributed by atoms with Gasteiger partial charge in [0, 0.05) is 11.9 Å². The Morgan fingerprint density at radius 1 is 1.06 bits per heavy atom. The van der Waals surface area contributed by atoms with Gasteiger partial charge in [-0.15, -0.1) is 0 Å². The van der Waals surface area contributed by atoms with Crippen LogP contribution in [0.15, 0.2) is 30.5 Å². The molecule has 0 aliphatic heterocycles. The van der Waals surface area contributed by atoms with Crippen molar-refractivity contribution in [1.29, 1.82) is 5.26 Å². The van der Waals surface area contributed by atoms with Gasteiger partial charge in [-0.1, -0.05) is 34.8 Å². The van der Waals surface area contributed by atoms with E-state index in [0.717, 1.165) is 0 Å². The summed E-state index contributed by atoms with van der Waals surface area (Å²) in [5, 5.41) is 13.0. The van der Waals surface area contributed by atoms with Gasteiger partial charge in [-0.2, -0.15) is 5.26 Å². The summed E-state index contributed by atoms with van der Waals surface area (Å²) in [5.41, 5.74) is 1.62. The second kappa shape index (κ2) is 5.45. The van der Waals surface area contributed by atoms with Crippen molar-refractivity contribution in [1.82, 2.24) is 4.98 Å². The molecule has 0 aliphatic rings. The first-order chi connectivity index (χ1) is 8.60. The molecule has 0 radical (unpaired) electrons. The quantitative estimate of drug-likeness (QED) is 0.820. The highest BCUT2D eigenvalue weighted by Gasteiger charge is 2.06. The number of pyridine rings is 1. The maximum Gasteiger partial charge on any atom is 0.142 e. The van der Waals surface area contributed by atoms with Crippen LogP contribution in [0.1, 0.15) is 5.69 Å². The molecule has 0 bridgehead atoms. The summed E-state index contributed by atoms with van der Waals surface area (Å²) in [6, 6.07) is 8.47. The summed E-state index contributed by atoms with van der Waals surface area (Å²) in [5.74, 6) is 0. The van der Waals surface area contributed by atoms with Gasteiger partial charge in [0.25, 0.3) is 0 Å². The molecule has 1 aromatic carbocycles. The van der Waals surface area contributed by atoms with Crippen molar-refractivity contribution < 1.29 is 0 Å². The fourth-order valence-electron chi connectivity index (χ4n) is 1.34. The van der Waals surface area contributed by atoms with Crippen molar-refractivity contribution in [2.24, 2.45) is 0 Å². The molecule has 1 N–H and O–H groups in total. The van der Waals surface area contributed by atoms with Crippen molar-refractivity contribution in [2.45, 2.75) is 0 Å². The highest BCUT2D eigenvalue weighted by molar-refractivity contribution is 6.44. The summed E-state index contributed by atoms with van der Waals surface area (Å²) < 4.78 is 0. The SMILES string of the molecule is N#Cc1cc(Nc2cc(Cl)c(Cl)cc2Cl)ccn1. The Labute approximate surface area is 119 Å². The zero-order chi connectivity index (χ0) is 13.1. The second-order valence-corrected chi connectivity index (χ2v) is 4.63. The van der Waals surface area contributed by atoms with Crippen LogP contribution in [-0.2, 0) is 0 Å². The van der Waals surface area contributed by atoms with Crippen molar-refractivity contribution in [3.05, 3.63) is 51.2 Å². The van der Waals surface area contributed by atoms with Gasteiger partial charge in [0.05, 0.1) is 20.8 Å². The standard InChI is InChI=1S/C12H6Cl3N3/c13-9-4-11(15)12(5-10(9)14)18-7-1-2-17-8(3-7)6-16/h1-5H,(H,17,18). The van der Waals surface area contributed by atoms with E-state index in [1.165, 1.54) is 6.20 Å². The van der Waals surface area contributed by atoms with Crippen molar-refractivity contribution in [2.75, 3.05) is 5.32 Å². The van der Waals surface area contributed by atoms with Gasteiger partial charge < -0.3 is 5.32 Å². The third-order valence-corrected chi connectivity index (χ3v) is 3.20. The van der Waals surface area contributed by atoms with Crippen LogP contribution in [0.25, 0.3) is 0 Å². The Hall–Kier alpha value is -1.47. The molecular weight excluding hydrogens is 293 g/mol. The predicted molar refractivity (Wildman–Crippen MR) is 73.7 cm³/mol. The molecule has 0 aliphatic carbocycles. The minimum absolute atomic E-state index is 0.316. The van der Waals surface area contributed by atoms with E-state index in [9.17, 15) is 0 Å². The molecule has 2 aromatic rings. The first-order valence-electron chi connectivity index (χ1n) is 4.88. The molecule has 0 amide bonds. The number of nitrogens with one attached hydrogen (secondary N) is 1. The third-order valence-electron chi connectivity index (χ3n) is 2.16. The minimum atomic E-state index is 0.316. The van der Waals surface area contributed by atoms with Crippen LogP contribution in [0.4, 0.5) is 11.4 Å². The number of aromatic nitrogens is 1. The number of nitriles is 1. The van der Waals surface area contributed by atoms with Gasteiger partial charge in [0.2, 0.25) is 0 Å². The maximum atomic E-state index is 8.76. The number of rotatable bonds is 2. The fourth-order valence-corrected chi connectivity index (χ4v) is 1.94. The van der Waals surface area contributed by atoms with E-state index in [0.29, 0.717) is 32.1 Å². The zero-order valence-electron chi connectivity index (χ0n) is 8.92. The first kappa shape index (κ1) is 13.0. The third kappa shape index (κ3) is 2.85. The first-order valence-corrected chi connectivity index (χ1v) is 6.01. The van der Waals surface area contributed by atoms with E-state index in [1.54, 1.807) is 24.3 Å². The van der Waals surface area contributed by atoms with Crippen LogP contribution in [0.3, 0.4) is 0 Å². The van der Waals surface area contributed by atoms with Crippen LogP contribution < -0.4 is 5.32 Å². The number of anilines is 2. The number of hydrogen-bond donors (Lipinski definition) is 1. The van der Waals surface area contributed by atoms with Crippen molar-refractivity contribution in [3.8, 4) is 6.07 Å². The second-order valence-electron chi connectivity index (χ2n) is 3.41. The van der Waals surface area contributed by atoms with Crippen LogP contribution in [0.2, 0.25) is 15.1 Å². The highest BCUT2D eigenvalue weighted by atomic mass is 35.5. The predicted octanol–water partition coefficient (Wildman–Crippen LogP) is 4.66. The molecule has 0 unspecified atom stereocenters. The lowest BCUT2D eigenvalue weighted by Gasteiger charge is -2.09. The van der Waals surface area contributed by atoms with Crippen LogP contribution in [-0.4, -0.2) is 4.98 Å². The number of hydrogen-bond acceptors (Lipinski definition) is 3. The molecule has 0 atom stereocenters. The van der Waals surface area contributed by atoms with E-state index in [1.807, 2.05) is 6.07 Å². The smallest absolute Gasteiger partial charge is 0.142 e. The molecule has 0 fully saturated rings.